The lowest BCUT2D eigenvalue weighted by molar-refractivity contribution is -0.176. The van der Waals surface area contributed by atoms with Crippen LogP contribution in [0.1, 0.15) is 75.9 Å². The molecule has 1 aromatic heterocycles. The number of hydrogen-bond donors (Lipinski definition) is 1. The first-order valence-corrected chi connectivity index (χ1v) is 15.2. The lowest BCUT2D eigenvalue weighted by atomic mass is 9.91. The number of cyclic esters (lactones) is 2. The molecule has 2 unspecified atom stereocenters. The van der Waals surface area contributed by atoms with Crippen molar-refractivity contribution in [3.8, 4) is 11.5 Å². The van der Waals surface area contributed by atoms with Crippen LogP contribution in [0.25, 0.3) is 0 Å². The summed E-state index contributed by atoms with van der Waals surface area (Å²) in [6, 6.07) is 9.06. The summed E-state index contributed by atoms with van der Waals surface area (Å²) >= 11 is 0. The van der Waals surface area contributed by atoms with E-state index in [2.05, 4.69) is 17.2 Å². The second-order valence-corrected chi connectivity index (χ2v) is 11.1. The lowest BCUT2D eigenvalue weighted by Gasteiger charge is -2.29. The molecule has 4 atom stereocenters. The maximum atomic E-state index is 13.4. The van der Waals surface area contributed by atoms with E-state index in [1.807, 2.05) is 30.3 Å². The summed E-state index contributed by atoms with van der Waals surface area (Å²) in [5.74, 6) is -5.31. The summed E-state index contributed by atoms with van der Waals surface area (Å²) in [6.07, 6.45) is 2.80. The molecule has 244 valence electrons. The minimum Gasteiger partial charge on any atom is -0.493 e. The quantitative estimate of drug-likeness (QED) is 0.195. The SMILES string of the molecule is CCCCCCC(=O)Oc1c(OC)ccnc1C(=O)NC1COC(=O)[C@H](Cc2ccccc2)C(OC(=O)C(C)C)[C@H](C)OC1=O. The fourth-order valence-electron chi connectivity index (χ4n) is 4.69. The smallest absolute Gasteiger partial charge is 0.332 e. The van der Waals surface area contributed by atoms with E-state index in [9.17, 15) is 24.0 Å². The van der Waals surface area contributed by atoms with Crippen LogP contribution in [0.4, 0.5) is 0 Å². The van der Waals surface area contributed by atoms with E-state index >= 15 is 0 Å². The van der Waals surface area contributed by atoms with Crippen molar-refractivity contribution in [3.63, 3.8) is 0 Å². The Balaban J connectivity index is 1.84. The first-order valence-electron chi connectivity index (χ1n) is 15.2. The number of aromatic nitrogens is 1. The third kappa shape index (κ3) is 10.0. The van der Waals surface area contributed by atoms with Gasteiger partial charge in [-0.1, -0.05) is 70.4 Å². The molecule has 12 heteroatoms. The second kappa shape index (κ2) is 17.1. The lowest BCUT2D eigenvalue weighted by Crippen LogP contribution is -2.47. The van der Waals surface area contributed by atoms with Gasteiger partial charge in [0, 0.05) is 18.7 Å². The molecule has 0 bridgehead atoms. The third-order valence-electron chi connectivity index (χ3n) is 7.22. The van der Waals surface area contributed by atoms with Gasteiger partial charge in [0.1, 0.15) is 18.6 Å². The van der Waals surface area contributed by atoms with E-state index in [0.717, 1.165) is 24.8 Å². The Kier molecular flexibility index (Phi) is 13.3. The molecule has 1 fully saturated rings. The molecule has 0 aliphatic carbocycles. The molecule has 1 N–H and O–H groups in total. The topological polar surface area (TPSA) is 156 Å². The predicted molar refractivity (Wildman–Crippen MR) is 161 cm³/mol. The summed E-state index contributed by atoms with van der Waals surface area (Å²) in [4.78, 5) is 69.4. The van der Waals surface area contributed by atoms with Gasteiger partial charge in [-0.2, -0.15) is 0 Å². The summed E-state index contributed by atoms with van der Waals surface area (Å²) in [5.41, 5.74) is 0.471. The molecule has 2 aromatic rings. The average Bonchev–Trinajstić information content (AvgIpc) is 3.05. The number of nitrogens with one attached hydrogen (secondary N) is 1. The minimum atomic E-state index is -1.45. The van der Waals surface area contributed by atoms with E-state index in [0.29, 0.717) is 6.42 Å². The van der Waals surface area contributed by atoms with Gasteiger partial charge in [0.05, 0.1) is 13.0 Å². The molecule has 0 saturated carbocycles. The van der Waals surface area contributed by atoms with E-state index in [-0.39, 0.29) is 30.0 Å². The Bertz CT molecular complexity index is 1330. The maximum Gasteiger partial charge on any atom is 0.332 e. The molecule has 1 saturated heterocycles. The Morgan fingerprint density at radius 3 is 2.44 bits per heavy atom. The van der Waals surface area contributed by atoms with Gasteiger partial charge >= 0.3 is 23.9 Å². The van der Waals surface area contributed by atoms with Gasteiger partial charge in [0.15, 0.2) is 23.6 Å². The number of benzene rings is 1. The van der Waals surface area contributed by atoms with Crippen LogP contribution in [0.15, 0.2) is 42.6 Å². The zero-order valence-electron chi connectivity index (χ0n) is 26.4. The van der Waals surface area contributed by atoms with Gasteiger partial charge < -0.3 is 29.0 Å². The highest BCUT2D eigenvalue weighted by Gasteiger charge is 2.42. The molecule has 1 aliphatic rings. The molecule has 12 nitrogen and oxygen atoms in total. The van der Waals surface area contributed by atoms with Crippen LogP contribution in [0.5, 0.6) is 11.5 Å². The molecular weight excluding hydrogens is 584 g/mol. The fraction of sp³-hybridized carbons (Fsp3) is 0.515. The summed E-state index contributed by atoms with van der Waals surface area (Å²) in [6.45, 7) is 6.29. The largest absolute Gasteiger partial charge is 0.493 e. The molecular formula is C33H42N2O10. The molecule has 1 aliphatic heterocycles. The molecule has 0 spiro atoms. The van der Waals surface area contributed by atoms with E-state index in [1.54, 1.807) is 13.8 Å². The van der Waals surface area contributed by atoms with Gasteiger partial charge in [0.2, 0.25) is 5.75 Å². The molecule has 45 heavy (non-hydrogen) atoms. The molecule has 2 heterocycles. The number of pyridine rings is 1. The number of nitrogens with zero attached hydrogens (tertiary/aromatic N) is 1. The minimum absolute atomic E-state index is 0.0905. The van der Waals surface area contributed by atoms with Crippen LogP contribution in [0.2, 0.25) is 0 Å². The Labute approximate surface area is 263 Å². The number of ether oxygens (including phenoxy) is 5. The highest BCUT2D eigenvalue weighted by atomic mass is 16.6. The number of carbonyl (C=O) groups is 5. The van der Waals surface area contributed by atoms with Crippen LogP contribution < -0.4 is 14.8 Å². The van der Waals surface area contributed by atoms with Gasteiger partial charge in [-0.25, -0.2) is 9.78 Å². The number of carbonyl (C=O) groups excluding carboxylic acids is 5. The Morgan fingerprint density at radius 2 is 1.78 bits per heavy atom. The zero-order chi connectivity index (χ0) is 32.9. The molecule has 1 amide bonds. The summed E-state index contributed by atoms with van der Waals surface area (Å²) in [7, 11) is 1.35. The van der Waals surface area contributed by atoms with Crippen LogP contribution in [0, 0.1) is 11.8 Å². The van der Waals surface area contributed by atoms with Crippen molar-refractivity contribution in [2.45, 2.75) is 84.5 Å². The van der Waals surface area contributed by atoms with Gasteiger partial charge in [-0.3, -0.25) is 19.2 Å². The van der Waals surface area contributed by atoms with Gasteiger partial charge in [0.25, 0.3) is 5.91 Å². The molecule has 0 radical (unpaired) electrons. The van der Waals surface area contributed by atoms with Crippen molar-refractivity contribution in [1.82, 2.24) is 10.3 Å². The maximum absolute atomic E-state index is 13.4. The van der Waals surface area contributed by atoms with Crippen molar-refractivity contribution >= 4 is 29.8 Å². The predicted octanol–water partition coefficient (Wildman–Crippen LogP) is 3.98. The number of unbranched alkanes of at least 4 members (excludes halogenated alkanes) is 3. The van der Waals surface area contributed by atoms with Crippen LogP contribution in [-0.2, 0) is 39.8 Å². The highest BCUT2D eigenvalue weighted by molar-refractivity contribution is 5.99. The van der Waals surface area contributed by atoms with Crippen molar-refractivity contribution in [3.05, 3.63) is 53.9 Å². The van der Waals surface area contributed by atoms with Gasteiger partial charge in [-0.15, -0.1) is 0 Å². The Morgan fingerprint density at radius 1 is 1.04 bits per heavy atom. The molecule has 1 aromatic carbocycles. The fourth-order valence-corrected chi connectivity index (χ4v) is 4.69. The normalized spacial score (nSPS) is 20.1. The first kappa shape index (κ1) is 35.0. The zero-order valence-corrected chi connectivity index (χ0v) is 26.4. The average molecular weight is 627 g/mol. The number of hydrogen-bond acceptors (Lipinski definition) is 11. The monoisotopic (exact) mass is 626 g/mol. The highest BCUT2D eigenvalue weighted by Crippen LogP contribution is 2.30. The van der Waals surface area contributed by atoms with E-state index < -0.39 is 66.5 Å². The second-order valence-electron chi connectivity index (χ2n) is 11.1. The van der Waals surface area contributed by atoms with Crippen molar-refractivity contribution in [2.24, 2.45) is 11.8 Å². The number of methoxy groups -OCH3 is 1. The van der Waals surface area contributed by atoms with Crippen LogP contribution in [0.3, 0.4) is 0 Å². The number of esters is 4. The van der Waals surface area contributed by atoms with Crippen LogP contribution in [-0.4, -0.2) is 66.7 Å². The van der Waals surface area contributed by atoms with Crippen molar-refractivity contribution in [1.29, 1.82) is 0 Å². The Hall–Kier alpha value is -4.48. The van der Waals surface area contributed by atoms with Crippen molar-refractivity contribution < 1.29 is 47.7 Å². The van der Waals surface area contributed by atoms with Crippen LogP contribution >= 0.6 is 0 Å². The first-order chi connectivity index (χ1) is 21.5. The summed E-state index contributed by atoms with van der Waals surface area (Å²) < 4.78 is 27.6. The standard InChI is InChI=1S/C33H42N2O10/c1-6-7-8-12-15-26(36)44-29-25(41-5)16-17-34-27(29)30(37)35-24-19-42-32(39)23(18-22-13-10-9-11-14-22)28(21(4)43-33(24)40)45-31(38)20(2)3/h9-11,13-14,16-17,20-21,23-24,28H,6-8,12,15,18-19H2,1-5H3,(H,35,37)/t21-,23+,24?,28?/m0/s1. The third-order valence-corrected chi connectivity index (χ3v) is 7.22. The summed E-state index contributed by atoms with van der Waals surface area (Å²) in [5, 5.41) is 2.48. The number of amides is 1. The van der Waals surface area contributed by atoms with E-state index in [4.69, 9.17) is 23.7 Å². The van der Waals surface area contributed by atoms with Gasteiger partial charge in [-0.05, 0) is 25.3 Å². The van der Waals surface area contributed by atoms with Crippen molar-refractivity contribution in [2.75, 3.05) is 13.7 Å². The number of rotatable bonds is 13. The molecule has 3 rings (SSSR count). The van der Waals surface area contributed by atoms with E-state index in [1.165, 1.54) is 26.3 Å².